The summed E-state index contributed by atoms with van der Waals surface area (Å²) in [5, 5.41) is 2.49. The van der Waals surface area contributed by atoms with Crippen LogP contribution < -0.4 is 11.1 Å². The Morgan fingerprint density at radius 1 is 1.17 bits per heavy atom. The number of amides is 1. The van der Waals surface area contributed by atoms with Crippen LogP contribution >= 0.6 is 22.9 Å². The third kappa shape index (κ3) is 6.18. The van der Waals surface area contributed by atoms with Crippen LogP contribution in [0, 0.1) is 0 Å². The number of aryl methyl sites for hydroxylation is 1. The van der Waals surface area contributed by atoms with Crippen molar-refractivity contribution in [3.8, 4) is 0 Å². The van der Waals surface area contributed by atoms with Crippen LogP contribution in [0.5, 0.6) is 0 Å². The van der Waals surface area contributed by atoms with Gasteiger partial charge in [0.1, 0.15) is 22.7 Å². The van der Waals surface area contributed by atoms with E-state index >= 15 is 0 Å². The number of carbonyl (C=O) groups is 2. The maximum atomic E-state index is 13.1. The molecule has 1 saturated heterocycles. The molecule has 3 heterocycles. The SMILES string of the molecule is Nc1ncnc(C(=O)CCc2ncc(C(=O)Nc3ccc(Cl)c(C(F)(F)F)c3)s2)c1CN1CCCC1. The van der Waals surface area contributed by atoms with Gasteiger partial charge in [0.25, 0.3) is 5.91 Å². The van der Waals surface area contributed by atoms with Gasteiger partial charge in [0.2, 0.25) is 0 Å². The van der Waals surface area contributed by atoms with E-state index in [2.05, 4.69) is 25.2 Å². The number of hydrogen-bond donors (Lipinski definition) is 2. The summed E-state index contributed by atoms with van der Waals surface area (Å²) in [5.41, 5.74) is 5.84. The van der Waals surface area contributed by atoms with E-state index in [1.165, 1.54) is 18.6 Å². The Morgan fingerprint density at radius 3 is 2.64 bits per heavy atom. The Kier molecular flexibility index (Phi) is 7.86. The number of Topliss-reactive ketones (excluding diaryl/α,β-unsaturated/α-hetero) is 1. The van der Waals surface area contributed by atoms with Crippen LogP contribution in [-0.4, -0.2) is 44.6 Å². The van der Waals surface area contributed by atoms with Crippen LogP contribution in [0.15, 0.2) is 30.7 Å². The van der Waals surface area contributed by atoms with Crippen molar-refractivity contribution in [3.05, 3.63) is 62.5 Å². The summed E-state index contributed by atoms with van der Waals surface area (Å²) >= 11 is 6.67. The lowest BCUT2D eigenvalue weighted by atomic mass is 10.1. The quantitative estimate of drug-likeness (QED) is 0.394. The first-order valence-corrected chi connectivity index (χ1v) is 12.3. The topological polar surface area (TPSA) is 114 Å². The molecule has 13 heteroatoms. The highest BCUT2D eigenvalue weighted by atomic mass is 35.5. The first-order valence-electron chi connectivity index (χ1n) is 11.1. The molecule has 0 radical (unpaired) electrons. The van der Waals surface area contributed by atoms with E-state index in [1.54, 1.807) is 0 Å². The van der Waals surface area contributed by atoms with Gasteiger partial charge in [-0.2, -0.15) is 13.2 Å². The molecule has 190 valence electrons. The normalized spacial score (nSPS) is 14.2. The molecule has 0 atom stereocenters. The fourth-order valence-electron chi connectivity index (χ4n) is 3.87. The maximum absolute atomic E-state index is 13.1. The number of aromatic nitrogens is 3. The summed E-state index contributed by atoms with van der Waals surface area (Å²) in [6.45, 7) is 2.37. The molecule has 0 unspecified atom stereocenters. The van der Waals surface area contributed by atoms with Gasteiger partial charge >= 0.3 is 6.18 Å². The molecule has 1 aliphatic heterocycles. The van der Waals surface area contributed by atoms with Gasteiger partial charge in [0, 0.05) is 30.6 Å². The molecule has 1 amide bonds. The molecule has 2 aromatic heterocycles. The zero-order chi connectivity index (χ0) is 25.9. The Bertz CT molecular complexity index is 1280. The van der Waals surface area contributed by atoms with Crippen molar-refractivity contribution in [2.75, 3.05) is 24.1 Å². The average molecular weight is 539 g/mol. The van der Waals surface area contributed by atoms with E-state index in [9.17, 15) is 22.8 Å². The zero-order valence-corrected chi connectivity index (χ0v) is 20.5. The summed E-state index contributed by atoms with van der Waals surface area (Å²) in [6, 6.07) is 3.12. The lowest BCUT2D eigenvalue weighted by molar-refractivity contribution is -0.137. The van der Waals surface area contributed by atoms with Gasteiger partial charge in [-0.05, 0) is 44.1 Å². The number of nitrogens with two attached hydrogens (primary N) is 1. The van der Waals surface area contributed by atoms with E-state index in [4.69, 9.17) is 17.3 Å². The van der Waals surface area contributed by atoms with E-state index in [0.29, 0.717) is 17.1 Å². The van der Waals surface area contributed by atoms with Crippen molar-refractivity contribution in [2.45, 2.75) is 38.4 Å². The van der Waals surface area contributed by atoms with Crippen LogP contribution in [0.25, 0.3) is 0 Å². The molecule has 1 aromatic carbocycles. The molecule has 0 aliphatic carbocycles. The number of nitrogens with one attached hydrogen (secondary N) is 1. The minimum absolute atomic E-state index is 0.0475. The second-order valence-electron chi connectivity index (χ2n) is 8.26. The lowest BCUT2D eigenvalue weighted by Gasteiger charge is -2.17. The number of hydrogen-bond acceptors (Lipinski definition) is 8. The molecular formula is C23H22ClF3N6O2S. The molecule has 0 bridgehead atoms. The highest BCUT2D eigenvalue weighted by Crippen LogP contribution is 2.36. The van der Waals surface area contributed by atoms with Gasteiger partial charge in [-0.15, -0.1) is 11.3 Å². The van der Waals surface area contributed by atoms with E-state index in [-0.39, 0.29) is 40.7 Å². The first kappa shape index (κ1) is 26.0. The summed E-state index contributed by atoms with van der Waals surface area (Å²) in [4.78, 5) is 40.2. The molecule has 36 heavy (non-hydrogen) atoms. The van der Waals surface area contributed by atoms with Crippen molar-refractivity contribution in [2.24, 2.45) is 0 Å². The zero-order valence-electron chi connectivity index (χ0n) is 18.9. The monoisotopic (exact) mass is 538 g/mol. The van der Waals surface area contributed by atoms with E-state index < -0.39 is 22.7 Å². The predicted octanol–water partition coefficient (Wildman–Crippen LogP) is 4.85. The van der Waals surface area contributed by atoms with Gasteiger partial charge in [0.05, 0.1) is 21.8 Å². The number of likely N-dealkylation sites (tertiary alicyclic amines) is 1. The second-order valence-corrected chi connectivity index (χ2v) is 9.78. The van der Waals surface area contributed by atoms with Crippen molar-refractivity contribution in [3.63, 3.8) is 0 Å². The van der Waals surface area contributed by atoms with Crippen molar-refractivity contribution >= 4 is 46.1 Å². The van der Waals surface area contributed by atoms with E-state index in [0.717, 1.165) is 49.4 Å². The van der Waals surface area contributed by atoms with Gasteiger partial charge in [0.15, 0.2) is 5.78 Å². The minimum atomic E-state index is -4.65. The lowest BCUT2D eigenvalue weighted by Crippen LogP contribution is -2.22. The van der Waals surface area contributed by atoms with Gasteiger partial charge < -0.3 is 11.1 Å². The Morgan fingerprint density at radius 2 is 1.92 bits per heavy atom. The van der Waals surface area contributed by atoms with Crippen LogP contribution in [0.1, 0.15) is 55.6 Å². The highest BCUT2D eigenvalue weighted by molar-refractivity contribution is 7.13. The van der Waals surface area contributed by atoms with Gasteiger partial charge in [-0.1, -0.05) is 11.6 Å². The first-order chi connectivity index (χ1) is 17.1. The number of halogens is 4. The number of nitrogen functional groups attached to an aromatic ring is 1. The standard InChI is InChI=1S/C23H22ClF3N6O2S/c24-16-4-3-13(9-15(16)23(25,26)27)32-22(35)18-10-29-19(36-18)6-5-17(34)20-14(21(28)31-12-30-20)11-33-7-1-2-8-33/h3-4,9-10,12H,1-2,5-8,11H2,(H,32,35)(H2,28,30,31). The number of rotatable bonds is 8. The summed E-state index contributed by atoms with van der Waals surface area (Å²) in [7, 11) is 0. The Balaban J connectivity index is 1.39. The summed E-state index contributed by atoms with van der Waals surface area (Å²) < 4.78 is 39.2. The molecule has 0 saturated carbocycles. The van der Waals surface area contributed by atoms with Crippen LogP contribution in [0.4, 0.5) is 24.7 Å². The predicted molar refractivity (Wildman–Crippen MR) is 130 cm³/mol. The fraction of sp³-hybridized carbons (Fsp3) is 0.348. The average Bonchev–Trinajstić information content (AvgIpc) is 3.51. The van der Waals surface area contributed by atoms with Gasteiger partial charge in [-0.3, -0.25) is 14.5 Å². The number of benzene rings is 1. The molecule has 0 spiro atoms. The molecular weight excluding hydrogens is 517 g/mol. The van der Waals surface area contributed by atoms with Crippen molar-refractivity contribution < 1.29 is 22.8 Å². The number of carbonyl (C=O) groups excluding carboxylic acids is 2. The van der Waals surface area contributed by atoms with Crippen molar-refractivity contribution in [1.29, 1.82) is 0 Å². The Hall–Kier alpha value is -3.09. The fourth-order valence-corrected chi connectivity index (χ4v) is 4.91. The molecule has 8 nitrogen and oxygen atoms in total. The molecule has 3 N–H and O–H groups in total. The smallest absolute Gasteiger partial charge is 0.383 e. The highest BCUT2D eigenvalue weighted by Gasteiger charge is 2.33. The maximum Gasteiger partial charge on any atom is 0.417 e. The Labute approximate surface area is 213 Å². The second kappa shape index (κ2) is 10.9. The molecule has 1 fully saturated rings. The molecule has 3 aromatic rings. The largest absolute Gasteiger partial charge is 0.417 e. The van der Waals surface area contributed by atoms with Crippen LogP contribution in [0.2, 0.25) is 5.02 Å². The summed E-state index contributed by atoms with van der Waals surface area (Å²) in [5.74, 6) is -0.540. The minimum Gasteiger partial charge on any atom is -0.383 e. The third-order valence-electron chi connectivity index (χ3n) is 5.70. The number of alkyl halides is 3. The summed E-state index contributed by atoms with van der Waals surface area (Å²) in [6.07, 6.45) is 0.499. The van der Waals surface area contributed by atoms with Crippen LogP contribution in [0.3, 0.4) is 0 Å². The third-order valence-corrected chi connectivity index (χ3v) is 7.08. The number of thiazole rings is 1. The molecule has 4 rings (SSSR count). The van der Waals surface area contributed by atoms with Gasteiger partial charge in [-0.25, -0.2) is 15.0 Å². The van der Waals surface area contributed by atoms with Crippen molar-refractivity contribution in [1.82, 2.24) is 19.9 Å². The number of ketones is 1. The molecule has 1 aliphatic rings. The van der Waals surface area contributed by atoms with E-state index in [1.807, 2.05) is 0 Å². The number of anilines is 2. The number of nitrogens with zero attached hydrogens (tertiary/aromatic N) is 4. The van der Waals surface area contributed by atoms with Crippen LogP contribution in [-0.2, 0) is 19.1 Å².